The zero-order chi connectivity index (χ0) is 11.5. The number of halogens is 1. The van der Waals surface area contributed by atoms with Gasteiger partial charge in [-0.2, -0.15) is 0 Å². The maximum Gasteiger partial charge on any atom is 0.491 e. The van der Waals surface area contributed by atoms with Crippen molar-refractivity contribution < 1.29 is 10.0 Å². The average molecular weight is 233 g/mol. The van der Waals surface area contributed by atoms with Crippen LogP contribution < -0.4 is 5.46 Å². The highest BCUT2D eigenvalue weighted by atomic mass is 35.5. The van der Waals surface area contributed by atoms with E-state index in [1.54, 1.807) is 12.3 Å². The molecule has 1 aromatic carbocycles. The number of nitrogens with zero attached hydrogens (tertiary/aromatic N) is 1. The second-order valence-corrected chi connectivity index (χ2v) is 3.70. The third-order valence-electron chi connectivity index (χ3n) is 2.25. The molecule has 0 saturated heterocycles. The van der Waals surface area contributed by atoms with E-state index in [9.17, 15) is 0 Å². The van der Waals surface area contributed by atoms with Crippen LogP contribution in [0, 0.1) is 0 Å². The lowest BCUT2D eigenvalue weighted by Crippen LogP contribution is -2.31. The number of aromatic nitrogens is 1. The summed E-state index contributed by atoms with van der Waals surface area (Å²) in [6.07, 6.45) is 1.60. The molecule has 0 unspecified atom stereocenters. The lowest BCUT2D eigenvalue weighted by molar-refractivity contribution is 0.425. The summed E-state index contributed by atoms with van der Waals surface area (Å²) in [5, 5.41) is 18.3. The minimum Gasteiger partial charge on any atom is -0.423 e. The topological polar surface area (TPSA) is 53.4 Å². The van der Waals surface area contributed by atoms with Crippen LogP contribution in [0.2, 0.25) is 5.15 Å². The number of rotatable bonds is 2. The zero-order valence-electron chi connectivity index (χ0n) is 8.34. The van der Waals surface area contributed by atoms with Gasteiger partial charge < -0.3 is 10.0 Å². The minimum atomic E-state index is -1.61. The highest BCUT2D eigenvalue weighted by Crippen LogP contribution is 2.18. The van der Waals surface area contributed by atoms with Gasteiger partial charge in [-0.15, -0.1) is 0 Å². The maximum absolute atomic E-state index is 9.11. The van der Waals surface area contributed by atoms with Crippen LogP contribution in [0.1, 0.15) is 0 Å². The van der Waals surface area contributed by atoms with Gasteiger partial charge in [0.15, 0.2) is 0 Å². The Morgan fingerprint density at radius 2 is 1.75 bits per heavy atom. The molecule has 0 atom stereocenters. The first-order valence-corrected chi connectivity index (χ1v) is 5.13. The molecule has 0 radical (unpaired) electrons. The van der Waals surface area contributed by atoms with Crippen molar-refractivity contribution in [3.63, 3.8) is 0 Å². The van der Waals surface area contributed by atoms with Crippen molar-refractivity contribution in [1.29, 1.82) is 0 Å². The predicted octanol–water partition coefficient (Wildman–Crippen LogP) is 1.08. The highest BCUT2D eigenvalue weighted by Gasteiger charge is 2.17. The summed E-state index contributed by atoms with van der Waals surface area (Å²) < 4.78 is 0. The summed E-state index contributed by atoms with van der Waals surface area (Å²) in [5.41, 5.74) is 1.96. The molecule has 1 aromatic heterocycles. The molecule has 2 rings (SSSR count). The van der Waals surface area contributed by atoms with Crippen LogP contribution >= 0.6 is 11.6 Å². The quantitative estimate of drug-likeness (QED) is 0.603. The molecule has 80 valence electrons. The van der Waals surface area contributed by atoms with Crippen LogP contribution in [-0.2, 0) is 0 Å². The van der Waals surface area contributed by atoms with Crippen LogP contribution in [0.5, 0.6) is 0 Å². The number of hydrogen-bond donors (Lipinski definition) is 2. The van der Waals surface area contributed by atoms with Gasteiger partial charge in [-0.05, 0) is 17.2 Å². The van der Waals surface area contributed by atoms with E-state index in [0.717, 1.165) is 11.1 Å². The van der Waals surface area contributed by atoms with Crippen LogP contribution in [0.25, 0.3) is 11.1 Å². The van der Waals surface area contributed by atoms with Crippen molar-refractivity contribution in [3.05, 3.63) is 47.7 Å². The van der Waals surface area contributed by atoms with Crippen molar-refractivity contribution in [2.45, 2.75) is 0 Å². The summed E-state index contributed by atoms with van der Waals surface area (Å²) in [5.74, 6) is 0. The second kappa shape index (κ2) is 4.66. The molecule has 0 aliphatic heterocycles. The molecule has 2 aromatic rings. The lowest BCUT2D eigenvalue weighted by atomic mass is 9.80. The predicted molar refractivity (Wildman–Crippen MR) is 64.5 cm³/mol. The molecule has 1 heterocycles. The Morgan fingerprint density at radius 3 is 2.38 bits per heavy atom. The third-order valence-corrected chi connectivity index (χ3v) is 2.57. The standard InChI is InChI=1S/C11H9BClNO2/c13-11-10(12(15)16)6-9(7-14-11)8-4-2-1-3-5-8/h1-7,15-16H. The van der Waals surface area contributed by atoms with Gasteiger partial charge in [0, 0.05) is 11.7 Å². The average Bonchev–Trinajstić information content (AvgIpc) is 2.30. The van der Waals surface area contributed by atoms with Gasteiger partial charge in [-0.25, -0.2) is 4.98 Å². The highest BCUT2D eigenvalue weighted by molar-refractivity contribution is 6.62. The van der Waals surface area contributed by atoms with Crippen molar-refractivity contribution in [2.75, 3.05) is 0 Å². The number of benzene rings is 1. The molecule has 0 spiro atoms. The molecule has 5 heteroatoms. The van der Waals surface area contributed by atoms with Crippen LogP contribution in [0.15, 0.2) is 42.6 Å². The smallest absolute Gasteiger partial charge is 0.423 e. The van der Waals surface area contributed by atoms with Gasteiger partial charge in [-0.1, -0.05) is 41.9 Å². The molecule has 16 heavy (non-hydrogen) atoms. The van der Waals surface area contributed by atoms with Gasteiger partial charge in [-0.3, -0.25) is 0 Å². The Balaban J connectivity index is 2.48. The monoisotopic (exact) mass is 233 g/mol. The van der Waals surface area contributed by atoms with Crippen molar-refractivity contribution in [2.24, 2.45) is 0 Å². The fourth-order valence-electron chi connectivity index (χ4n) is 1.43. The Hall–Kier alpha value is -1.36. The SMILES string of the molecule is OB(O)c1cc(-c2ccccc2)cnc1Cl. The van der Waals surface area contributed by atoms with Gasteiger partial charge >= 0.3 is 7.12 Å². The van der Waals surface area contributed by atoms with E-state index < -0.39 is 7.12 Å². The second-order valence-electron chi connectivity index (χ2n) is 3.34. The Kier molecular flexibility index (Phi) is 3.24. The number of hydrogen-bond acceptors (Lipinski definition) is 3. The fourth-order valence-corrected chi connectivity index (χ4v) is 1.64. The van der Waals surface area contributed by atoms with E-state index in [1.165, 1.54) is 0 Å². The van der Waals surface area contributed by atoms with E-state index >= 15 is 0 Å². The van der Waals surface area contributed by atoms with Crippen LogP contribution in [-0.4, -0.2) is 22.2 Å². The largest absolute Gasteiger partial charge is 0.491 e. The van der Waals surface area contributed by atoms with Crippen LogP contribution in [0.3, 0.4) is 0 Å². The van der Waals surface area contributed by atoms with Crippen molar-refractivity contribution >= 4 is 24.2 Å². The summed E-state index contributed by atoms with van der Waals surface area (Å²) in [7, 11) is -1.61. The molecule has 0 aliphatic carbocycles. The van der Waals surface area contributed by atoms with Crippen molar-refractivity contribution in [1.82, 2.24) is 4.98 Å². The molecule has 3 nitrogen and oxygen atoms in total. The molecule has 0 saturated carbocycles. The molecule has 0 fully saturated rings. The lowest BCUT2D eigenvalue weighted by Gasteiger charge is -2.06. The summed E-state index contributed by atoms with van der Waals surface area (Å²) in [6.45, 7) is 0. The van der Waals surface area contributed by atoms with Gasteiger partial charge in [0.1, 0.15) is 5.15 Å². The van der Waals surface area contributed by atoms with Gasteiger partial charge in [0.2, 0.25) is 0 Å². The molecular formula is C11H9BClNO2. The van der Waals surface area contributed by atoms with Crippen LogP contribution in [0.4, 0.5) is 0 Å². The van der Waals surface area contributed by atoms with E-state index in [-0.39, 0.29) is 10.6 Å². The fraction of sp³-hybridized carbons (Fsp3) is 0. The molecule has 0 amide bonds. The van der Waals surface area contributed by atoms with E-state index in [1.807, 2.05) is 30.3 Å². The first-order chi connectivity index (χ1) is 7.68. The van der Waals surface area contributed by atoms with E-state index in [0.29, 0.717) is 0 Å². The molecule has 2 N–H and O–H groups in total. The normalized spacial score (nSPS) is 10.2. The Labute approximate surface area is 98.5 Å². The minimum absolute atomic E-state index is 0.106. The molecule has 0 aliphatic rings. The maximum atomic E-state index is 9.11. The molecular weight excluding hydrogens is 224 g/mol. The zero-order valence-corrected chi connectivity index (χ0v) is 9.09. The van der Waals surface area contributed by atoms with Crippen molar-refractivity contribution in [3.8, 4) is 11.1 Å². The first-order valence-electron chi connectivity index (χ1n) is 4.75. The first kappa shape index (κ1) is 11.1. The Bertz CT molecular complexity index is 491. The summed E-state index contributed by atoms with van der Waals surface area (Å²) in [4.78, 5) is 3.92. The van der Waals surface area contributed by atoms with E-state index in [2.05, 4.69) is 4.98 Å². The summed E-state index contributed by atoms with van der Waals surface area (Å²) in [6, 6.07) is 11.2. The Morgan fingerprint density at radius 1 is 1.06 bits per heavy atom. The third kappa shape index (κ3) is 2.24. The van der Waals surface area contributed by atoms with Gasteiger partial charge in [0.25, 0.3) is 0 Å². The number of pyridine rings is 1. The summed E-state index contributed by atoms with van der Waals surface area (Å²) >= 11 is 5.75. The molecule has 0 bridgehead atoms. The van der Waals surface area contributed by atoms with E-state index in [4.69, 9.17) is 21.6 Å². The van der Waals surface area contributed by atoms with Gasteiger partial charge in [0.05, 0.1) is 0 Å².